The molecule has 7 heteroatoms. The standard InChI is InChI=1S/C14H14N4O3/c1-7(2)9(6-15)12(19)16-10-5-3-4-8-11(10)14(21)18-17-13(8)20/h3-5,7,9H,1-2H3,(H,16,19)(H,17,20)(H,18,21). The lowest BCUT2D eigenvalue weighted by Gasteiger charge is -2.13. The van der Waals surface area contributed by atoms with E-state index in [0.717, 1.165) is 0 Å². The van der Waals surface area contributed by atoms with Gasteiger partial charge < -0.3 is 5.32 Å². The number of carbonyl (C=O) groups is 1. The molecule has 0 radical (unpaired) electrons. The fraction of sp³-hybridized carbons (Fsp3) is 0.286. The average Bonchev–Trinajstić information content (AvgIpc) is 2.43. The average molecular weight is 286 g/mol. The van der Waals surface area contributed by atoms with Gasteiger partial charge in [-0.25, -0.2) is 0 Å². The highest BCUT2D eigenvalue weighted by molar-refractivity contribution is 6.02. The minimum atomic E-state index is -0.832. The molecule has 21 heavy (non-hydrogen) atoms. The molecule has 0 bridgehead atoms. The molecule has 1 unspecified atom stereocenters. The molecule has 1 heterocycles. The van der Waals surface area contributed by atoms with E-state index in [-0.39, 0.29) is 22.4 Å². The third-order valence-electron chi connectivity index (χ3n) is 3.17. The van der Waals surface area contributed by atoms with E-state index in [4.69, 9.17) is 5.26 Å². The molecule has 2 rings (SSSR count). The summed E-state index contributed by atoms with van der Waals surface area (Å²) in [7, 11) is 0. The number of benzene rings is 1. The Hall–Kier alpha value is -2.88. The number of anilines is 1. The monoisotopic (exact) mass is 286 g/mol. The first kappa shape index (κ1) is 14.5. The molecule has 1 amide bonds. The van der Waals surface area contributed by atoms with Crippen molar-refractivity contribution in [1.82, 2.24) is 10.2 Å². The fourth-order valence-electron chi connectivity index (χ4n) is 2.05. The molecule has 1 aromatic heterocycles. The van der Waals surface area contributed by atoms with Gasteiger partial charge in [0.2, 0.25) is 5.91 Å². The quantitative estimate of drug-likeness (QED) is 0.778. The number of aromatic amines is 2. The smallest absolute Gasteiger partial charge is 0.272 e. The molecule has 108 valence electrons. The molecule has 7 nitrogen and oxygen atoms in total. The lowest BCUT2D eigenvalue weighted by atomic mass is 9.96. The van der Waals surface area contributed by atoms with Gasteiger partial charge in [0.15, 0.2) is 0 Å². The number of H-pyrrole nitrogens is 2. The molecule has 0 aliphatic heterocycles. The third kappa shape index (κ3) is 2.69. The van der Waals surface area contributed by atoms with E-state index in [1.165, 1.54) is 12.1 Å². The molecular weight excluding hydrogens is 272 g/mol. The van der Waals surface area contributed by atoms with Crippen LogP contribution < -0.4 is 16.4 Å². The summed E-state index contributed by atoms with van der Waals surface area (Å²) in [6, 6.07) is 6.50. The minimum absolute atomic E-state index is 0.0926. The van der Waals surface area contributed by atoms with E-state index in [1.54, 1.807) is 19.9 Å². The number of carbonyl (C=O) groups excluding carboxylic acids is 1. The van der Waals surface area contributed by atoms with Crippen molar-refractivity contribution in [2.24, 2.45) is 11.8 Å². The SMILES string of the molecule is CC(C)C(C#N)C(=O)Nc1cccc2c(=O)[nH][nH]c(=O)c12. The number of nitrogens with zero attached hydrogens (tertiary/aromatic N) is 1. The van der Waals surface area contributed by atoms with E-state index in [0.29, 0.717) is 0 Å². The van der Waals surface area contributed by atoms with Gasteiger partial charge in [0.1, 0.15) is 5.92 Å². The van der Waals surface area contributed by atoms with Crippen molar-refractivity contribution in [3.8, 4) is 6.07 Å². The van der Waals surface area contributed by atoms with Crippen LogP contribution in [-0.4, -0.2) is 16.1 Å². The van der Waals surface area contributed by atoms with E-state index in [2.05, 4.69) is 15.5 Å². The first-order chi connectivity index (χ1) is 9.95. The zero-order valence-electron chi connectivity index (χ0n) is 11.6. The maximum atomic E-state index is 12.1. The predicted octanol–water partition coefficient (Wildman–Crippen LogP) is 0.951. The number of amides is 1. The summed E-state index contributed by atoms with van der Waals surface area (Å²) < 4.78 is 0. The third-order valence-corrected chi connectivity index (χ3v) is 3.17. The van der Waals surface area contributed by atoms with Crippen LogP contribution in [-0.2, 0) is 4.79 Å². The highest BCUT2D eigenvalue weighted by Crippen LogP contribution is 2.19. The van der Waals surface area contributed by atoms with Crippen LogP contribution in [0.3, 0.4) is 0 Å². The maximum absolute atomic E-state index is 12.1. The Morgan fingerprint density at radius 3 is 2.52 bits per heavy atom. The maximum Gasteiger partial charge on any atom is 0.272 e. The molecule has 0 saturated carbocycles. The zero-order valence-corrected chi connectivity index (χ0v) is 11.6. The van der Waals surface area contributed by atoms with Gasteiger partial charge in [-0.3, -0.25) is 24.6 Å². The van der Waals surface area contributed by atoms with Crippen molar-refractivity contribution in [1.29, 1.82) is 5.26 Å². The lowest BCUT2D eigenvalue weighted by Crippen LogP contribution is -2.27. The second-order valence-corrected chi connectivity index (χ2v) is 4.98. The number of rotatable bonds is 3. The zero-order chi connectivity index (χ0) is 15.6. The second kappa shape index (κ2) is 5.63. The topological polar surface area (TPSA) is 119 Å². The Morgan fingerprint density at radius 1 is 1.24 bits per heavy atom. The summed E-state index contributed by atoms with van der Waals surface area (Å²) >= 11 is 0. The summed E-state index contributed by atoms with van der Waals surface area (Å²) in [5, 5.41) is 16.3. The highest BCUT2D eigenvalue weighted by Gasteiger charge is 2.22. The van der Waals surface area contributed by atoms with Gasteiger partial charge in [0, 0.05) is 0 Å². The molecule has 1 aromatic carbocycles. The second-order valence-electron chi connectivity index (χ2n) is 4.98. The van der Waals surface area contributed by atoms with Crippen molar-refractivity contribution < 1.29 is 4.79 Å². The van der Waals surface area contributed by atoms with Gasteiger partial charge in [-0.05, 0) is 18.1 Å². The molecule has 2 aromatic rings. The molecular formula is C14H14N4O3. The Labute approximate surface area is 119 Å². The Bertz CT molecular complexity index is 842. The molecule has 0 spiro atoms. The van der Waals surface area contributed by atoms with Crippen LogP contribution in [0.5, 0.6) is 0 Å². The van der Waals surface area contributed by atoms with Crippen LogP contribution in [0.25, 0.3) is 10.8 Å². The number of fused-ring (bicyclic) bond motifs is 1. The molecule has 0 aliphatic carbocycles. The van der Waals surface area contributed by atoms with Gasteiger partial charge in [-0.1, -0.05) is 19.9 Å². The van der Waals surface area contributed by atoms with Gasteiger partial charge in [0.25, 0.3) is 11.1 Å². The van der Waals surface area contributed by atoms with Crippen molar-refractivity contribution in [3.05, 3.63) is 38.9 Å². The Morgan fingerprint density at radius 2 is 1.90 bits per heavy atom. The van der Waals surface area contributed by atoms with E-state index in [1.807, 2.05) is 6.07 Å². The van der Waals surface area contributed by atoms with E-state index >= 15 is 0 Å². The van der Waals surface area contributed by atoms with Crippen LogP contribution in [0.1, 0.15) is 13.8 Å². The number of nitriles is 1. The first-order valence-corrected chi connectivity index (χ1v) is 6.40. The van der Waals surface area contributed by atoms with Crippen LogP contribution in [0.15, 0.2) is 27.8 Å². The summed E-state index contributed by atoms with van der Waals surface area (Å²) in [6.45, 7) is 3.52. The van der Waals surface area contributed by atoms with Gasteiger partial charge >= 0.3 is 0 Å². The Kier molecular flexibility index (Phi) is 3.89. The Balaban J connectivity index is 2.52. The molecule has 0 fully saturated rings. The molecule has 1 atom stereocenters. The fourth-order valence-corrected chi connectivity index (χ4v) is 2.05. The van der Waals surface area contributed by atoms with Crippen molar-refractivity contribution in [3.63, 3.8) is 0 Å². The van der Waals surface area contributed by atoms with Crippen molar-refractivity contribution in [2.45, 2.75) is 13.8 Å². The number of nitrogens with one attached hydrogen (secondary N) is 3. The molecule has 0 aliphatic rings. The van der Waals surface area contributed by atoms with Crippen LogP contribution >= 0.6 is 0 Å². The number of hydrogen-bond acceptors (Lipinski definition) is 4. The predicted molar refractivity (Wildman–Crippen MR) is 77.8 cm³/mol. The number of aromatic nitrogens is 2. The van der Waals surface area contributed by atoms with Crippen LogP contribution in [0.2, 0.25) is 0 Å². The largest absolute Gasteiger partial charge is 0.324 e. The first-order valence-electron chi connectivity index (χ1n) is 6.40. The van der Waals surface area contributed by atoms with E-state index < -0.39 is 22.9 Å². The summed E-state index contributed by atoms with van der Waals surface area (Å²) in [4.78, 5) is 35.6. The summed E-state index contributed by atoms with van der Waals surface area (Å²) in [6.07, 6.45) is 0. The highest BCUT2D eigenvalue weighted by atomic mass is 16.2. The minimum Gasteiger partial charge on any atom is -0.324 e. The molecule has 0 saturated heterocycles. The lowest BCUT2D eigenvalue weighted by molar-refractivity contribution is -0.119. The van der Waals surface area contributed by atoms with Gasteiger partial charge in [0.05, 0.1) is 22.5 Å². The van der Waals surface area contributed by atoms with Crippen LogP contribution in [0, 0.1) is 23.2 Å². The van der Waals surface area contributed by atoms with Crippen molar-refractivity contribution in [2.75, 3.05) is 5.32 Å². The molecule has 3 N–H and O–H groups in total. The van der Waals surface area contributed by atoms with Crippen LogP contribution in [0.4, 0.5) is 5.69 Å². The normalized spacial score (nSPS) is 12.1. The summed E-state index contributed by atoms with van der Waals surface area (Å²) in [5.74, 6) is -1.49. The van der Waals surface area contributed by atoms with Gasteiger partial charge in [-0.15, -0.1) is 0 Å². The van der Waals surface area contributed by atoms with E-state index in [9.17, 15) is 14.4 Å². The van der Waals surface area contributed by atoms with Crippen molar-refractivity contribution >= 4 is 22.4 Å². The number of hydrogen-bond donors (Lipinski definition) is 3. The summed E-state index contributed by atoms with van der Waals surface area (Å²) in [5.41, 5.74) is -0.759. The van der Waals surface area contributed by atoms with Gasteiger partial charge in [-0.2, -0.15) is 5.26 Å².